The summed E-state index contributed by atoms with van der Waals surface area (Å²) in [7, 11) is 1.63. The van der Waals surface area contributed by atoms with E-state index in [0.717, 1.165) is 33.6 Å². The van der Waals surface area contributed by atoms with Gasteiger partial charge in [-0.15, -0.1) is 0 Å². The molecular weight excluding hydrogens is 288 g/mol. The molecule has 0 amide bonds. The molecule has 0 atom stereocenters. The molecule has 0 aromatic heterocycles. The van der Waals surface area contributed by atoms with E-state index < -0.39 is 0 Å². The van der Waals surface area contributed by atoms with E-state index in [2.05, 4.69) is 18.2 Å². The molecule has 3 heteroatoms. The number of benzene rings is 2. The maximum Gasteiger partial charge on any atom is 0.331 e. The molecule has 0 aliphatic rings. The Morgan fingerprint density at radius 3 is 2.13 bits per heavy atom. The van der Waals surface area contributed by atoms with Crippen molar-refractivity contribution in [3.8, 4) is 5.75 Å². The lowest BCUT2D eigenvalue weighted by atomic mass is 9.94. The van der Waals surface area contributed by atoms with Crippen LogP contribution in [0.5, 0.6) is 5.75 Å². The molecule has 0 fully saturated rings. The van der Waals surface area contributed by atoms with Crippen LogP contribution in [0.1, 0.15) is 29.2 Å². The van der Waals surface area contributed by atoms with Gasteiger partial charge in [0.2, 0.25) is 0 Å². The van der Waals surface area contributed by atoms with Crippen molar-refractivity contribution >= 4 is 11.5 Å². The third-order valence-corrected chi connectivity index (χ3v) is 3.48. The molecule has 3 nitrogen and oxygen atoms in total. The van der Waals surface area contributed by atoms with E-state index in [1.54, 1.807) is 20.1 Å². The first kappa shape index (κ1) is 16.8. The van der Waals surface area contributed by atoms with E-state index in [1.165, 1.54) is 0 Å². The molecule has 0 heterocycles. The zero-order chi connectivity index (χ0) is 16.8. The van der Waals surface area contributed by atoms with Crippen LogP contribution in [0, 0.1) is 13.8 Å². The summed E-state index contributed by atoms with van der Waals surface area (Å²) in [5.74, 6) is 0.446. The molecule has 2 aromatic rings. The van der Waals surface area contributed by atoms with Crippen LogP contribution in [-0.4, -0.2) is 19.7 Å². The minimum absolute atomic E-state index is 0.336. The summed E-state index contributed by atoms with van der Waals surface area (Å²) in [4.78, 5) is 12.0. The number of ether oxygens (including phenoxy) is 2. The maximum absolute atomic E-state index is 12.0. The van der Waals surface area contributed by atoms with Gasteiger partial charge in [-0.2, -0.15) is 0 Å². The van der Waals surface area contributed by atoms with Crippen LogP contribution < -0.4 is 4.74 Å². The number of methoxy groups -OCH3 is 1. The predicted molar refractivity (Wildman–Crippen MR) is 92.6 cm³/mol. The van der Waals surface area contributed by atoms with Gasteiger partial charge >= 0.3 is 5.97 Å². The third kappa shape index (κ3) is 4.46. The molecule has 2 aromatic carbocycles. The summed E-state index contributed by atoms with van der Waals surface area (Å²) in [6.07, 6.45) is 1.56. The van der Waals surface area contributed by atoms with Gasteiger partial charge in [0.1, 0.15) is 5.75 Å². The summed E-state index contributed by atoms with van der Waals surface area (Å²) in [6, 6.07) is 13.9. The van der Waals surface area contributed by atoms with Crippen molar-refractivity contribution in [1.29, 1.82) is 0 Å². The zero-order valence-corrected chi connectivity index (χ0v) is 14.1. The lowest BCUT2D eigenvalue weighted by Crippen LogP contribution is -2.02. The van der Waals surface area contributed by atoms with Gasteiger partial charge < -0.3 is 9.47 Å². The van der Waals surface area contributed by atoms with Gasteiger partial charge in [0.05, 0.1) is 13.7 Å². The van der Waals surface area contributed by atoms with Crippen molar-refractivity contribution in [3.63, 3.8) is 0 Å². The summed E-state index contributed by atoms with van der Waals surface area (Å²) >= 11 is 0. The van der Waals surface area contributed by atoms with Crippen LogP contribution in [0.25, 0.3) is 5.57 Å². The highest BCUT2D eigenvalue weighted by atomic mass is 16.5. The summed E-state index contributed by atoms with van der Waals surface area (Å²) in [5.41, 5.74) is 5.11. The third-order valence-electron chi connectivity index (χ3n) is 3.48. The van der Waals surface area contributed by atoms with Gasteiger partial charge in [0, 0.05) is 6.08 Å². The molecule has 120 valence electrons. The fourth-order valence-electron chi connectivity index (χ4n) is 2.54. The Bertz CT molecular complexity index is 692. The minimum atomic E-state index is -0.336. The van der Waals surface area contributed by atoms with Crippen molar-refractivity contribution in [2.24, 2.45) is 0 Å². The quantitative estimate of drug-likeness (QED) is 0.610. The highest BCUT2D eigenvalue weighted by molar-refractivity contribution is 5.96. The van der Waals surface area contributed by atoms with Crippen molar-refractivity contribution < 1.29 is 14.3 Å². The Hall–Kier alpha value is -2.55. The molecule has 2 rings (SSSR count). The van der Waals surface area contributed by atoms with E-state index in [-0.39, 0.29) is 5.97 Å². The highest BCUT2D eigenvalue weighted by Gasteiger charge is 2.10. The SMILES string of the molecule is CCOC(=O)/C=C(/c1ccc(OC)cc1)c1cc(C)cc(C)c1. The highest BCUT2D eigenvalue weighted by Crippen LogP contribution is 2.27. The van der Waals surface area contributed by atoms with Gasteiger partial charge in [-0.25, -0.2) is 4.79 Å². The Labute approximate surface area is 137 Å². The van der Waals surface area contributed by atoms with E-state index in [0.29, 0.717) is 6.61 Å². The van der Waals surface area contributed by atoms with Gasteiger partial charge in [0.25, 0.3) is 0 Å². The van der Waals surface area contributed by atoms with E-state index in [9.17, 15) is 4.79 Å². The minimum Gasteiger partial charge on any atom is -0.497 e. The fraction of sp³-hybridized carbons (Fsp3) is 0.250. The first-order chi connectivity index (χ1) is 11.0. The smallest absolute Gasteiger partial charge is 0.331 e. The molecule has 23 heavy (non-hydrogen) atoms. The molecule has 0 saturated carbocycles. The number of aryl methyl sites for hydroxylation is 2. The Morgan fingerprint density at radius 1 is 1.00 bits per heavy atom. The first-order valence-electron chi connectivity index (χ1n) is 7.65. The number of carbonyl (C=O) groups is 1. The largest absolute Gasteiger partial charge is 0.497 e. The normalized spacial score (nSPS) is 11.2. The molecule has 0 spiro atoms. The summed E-state index contributed by atoms with van der Waals surface area (Å²) in [5, 5.41) is 0. The van der Waals surface area contributed by atoms with Gasteiger partial charge in [0.15, 0.2) is 0 Å². The number of hydrogen-bond acceptors (Lipinski definition) is 3. The first-order valence-corrected chi connectivity index (χ1v) is 7.65. The van der Waals surface area contributed by atoms with Crippen LogP contribution in [0.3, 0.4) is 0 Å². The Morgan fingerprint density at radius 2 is 1.61 bits per heavy atom. The fourth-order valence-corrected chi connectivity index (χ4v) is 2.54. The summed E-state index contributed by atoms with van der Waals surface area (Å²) in [6.45, 7) is 6.26. The van der Waals surface area contributed by atoms with Crippen LogP contribution in [0.15, 0.2) is 48.5 Å². The van der Waals surface area contributed by atoms with Crippen LogP contribution in [0.4, 0.5) is 0 Å². The van der Waals surface area contributed by atoms with Crippen molar-refractivity contribution in [2.45, 2.75) is 20.8 Å². The Balaban J connectivity index is 2.52. The van der Waals surface area contributed by atoms with Crippen molar-refractivity contribution in [1.82, 2.24) is 0 Å². The molecule has 0 aliphatic heterocycles. The summed E-state index contributed by atoms with van der Waals surface area (Å²) < 4.78 is 10.3. The van der Waals surface area contributed by atoms with Crippen LogP contribution >= 0.6 is 0 Å². The standard InChI is InChI=1S/C20H22O3/c1-5-23-20(21)13-19(16-6-8-18(22-4)9-7-16)17-11-14(2)10-15(3)12-17/h6-13H,5H2,1-4H3/b19-13-. The number of rotatable bonds is 5. The maximum atomic E-state index is 12.0. The topological polar surface area (TPSA) is 35.5 Å². The molecular formula is C20H22O3. The average Bonchev–Trinajstić information content (AvgIpc) is 2.52. The molecule has 0 saturated heterocycles. The monoisotopic (exact) mass is 310 g/mol. The lowest BCUT2D eigenvalue weighted by Gasteiger charge is -2.11. The van der Waals surface area contributed by atoms with E-state index >= 15 is 0 Å². The van der Waals surface area contributed by atoms with Crippen LogP contribution in [0.2, 0.25) is 0 Å². The lowest BCUT2D eigenvalue weighted by molar-refractivity contribution is -0.137. The van der Waals surface area contributed by atoms with Gasteiger partial charge in [-0.1, -0.05) is 41.5 Å². The van der Waals surface area contributed by atoms with E-state index in [4.69, 9.17) is 9.47 Å². The molecule has 0 aliphatic carbocycles. The van der Waals surface area contributed by atoms with Crippen molar-refractivity contribution in [2.75, 3.05) is 13.7 Å². The second-order valence-corrected chi connectivity index (χ2v) is 5.41. The van der Waals surface area contributed by atoms with Crippen LogP contribution in [-0.2, 0) is 9.53 Å². The molecule has 0 unspecified atom stereocenters. The number of esters is 1. The second kappa shape index (κ2) is 7.63. The average molecular weight is 310 g/mol. The second-order valence-electron chi connectivity index (χ2n) is 5.41. The molecule has 0 radical (unpaired) electrons. The zero-order valence-electron chi connectivity index (χ0n) is 14.1. The predicted octanol–water partition coefficient (Wildman–Crippen LogP) is 4.31. The van der Waals surface area contributed by atoms with Gasteiger partial charge in [-0.05, 0) is 49.6 Å². The van der Waals surface area contributed by atoms with Crippen molar-refractivity contribution in [3.05, 3.63) is 70.8 Å². The number of carbonyl (C=O) groups excluding carboxylic acids is 1. The van der Waals surface area contributed by atoms with Gasteiger partial charge in [-0.3, -0.25) is 0 Å². The molecule has 0 N–H and O–H groups in total. The number of hydrogen-bond donors (Lipinski definition) is 0. The van der Waals surface area contributed by atoms with E-state index in [1.807, 2.05) is 38.1 Å². The Kier molecular flexibility index (Phi) is 5.58. The molecule has 0 bridgehead atoms.